The van der Waals surface area contributed by atoms with E-state index in [4.69, 9.17) is 0 Å². The molecule has 3 rings (SSSR count). The molecule has 0 radical (unpaired) electrons. The van der Waals surface area contributed by atoms with Crippen molar-refractivity contribution in [2.45, 2.75) is 32.6 Å². The van der Waals surface area contributed by atoms with Crippen LogP contribution in [0, 0.1) is 5.41 Å². The first-order valence-electron chi connectivity index (χ1n) is 5.42. The van der Waals surface area contributed by atoms with Crippen molar-refractivity contribution in [1.29, 1.82) is 0 Å². The van der Waals surface area contributed by atoms with Gasteiger partial charge < -0.3 is 0 Å². The molecule has 0 heterocycles. The van der Waals surface area contributed by atoms with Crippen molar-refractivity contribution in [3.63, 3.8) is 0 Å². The predicted molar refractivity (Wildman–Crippen MR) is 55.5 cm³/mol. The molecule has 0 unspecified atom stereocenters. The third kappa shape index (κ3) is 0.927. The first-order chi connectivity index (χ1) is 6.75. The molecule has 2 aliphatic rings. The lowest BCUT2D eigenvalue weighted by molar-refractivity contribution is 0.0919. The van der Waals surface area contributed by atoms with Crippen LogP contribution in [0.1, 0.15) is 41.3 Å². The van der Waals surface area contributed by atoms with Crippen LogP contribution in [0.3, 0.4) is 0 Å². The number of hydrogen-bond acceptors (Lipinski definition) is 1. The van der Waals surface area contributed by atoms with E-state index in [0.29, 0.717) is 5.78 Å². The molecule has 1 heteroatoms. The normalized spacial score (nSPS) is 21.4. The molecule has 0 atom stereocenters. The number of aryl methyl sites for hydroxylation is 1. The van der Waals surface area contributed by atoms with E-state index in [2.05, 4.69) is 25.1 Å². The summed E-state index contributed by atoms with van der Waals surface area (Å²) in [5.74, 6) is 0.419. The highest BCUT2D eigenvalue weighted by molar-refractivity contribution is 6.06. The Morgan fingerprint density at radius 1 is 1.36 bits per heavy atom. The molecular formula is C13H14O. The summed E-state index contributed by atoms with van der Waals surface area (Å²) in [6, 6.07) is 6.41. The number of Topliss-reactive ketones (excluding diaryl/α,β-unsaturated/α-hetero) is 1. The fourth-order valence-corrected chi connectivity index (χ4v) is 2.49. The number of hydrogen-bond donors (Lipinski definition) is 0. The zero-order chi connectivity index (χ0) is 9.76. The van der Waals surface area contributed by atoms with Crippen molar-refractivity contribution < 1.29 is 4.79 Å². The van der Waals surface area contributed by atoms with Crippen LogP contribution >= 0.6 is 0 Å². The van der Waals surface area contributed by atoms with Crippen molar-refractivity contribution in [2.75, 3.05) is 0 Å². The maximum atomic E-state index is 12.0. The van der Waals surface area contributed by atoms with Gasteiger partial charge in [-0.2, -0.15) is 0 Å². The summed E-state index contributed by atoms with van der Waals surface area (Å²) in [4.78, 5) is 12.0. The predicted octanol–water partition coefficient (Wildman–Crippen LogP) is 2.77. The SMILES string of the molecule is CCc1ccc2c(c1)C(=O)C1(CC1)C2. The second-order valence-electron chi connectivity index (χ2n) is 4.63. The molecule has 1 saturated carbocycles. The minimum atomic E-state index is 0.0642. The van der Waals surface area contributed by atoms with Gasteiger partial charge in [-0.05, 0) is 42.9 Å². The van der Waals surface area contributed by atoms with Crippen LogP contribution in [-0.4, -0.2) is 5.78 Å². The lowest BCUT2D eigenvalue weighted by Gasteiger charge is -2.00. The molecule has 0 amide bonds. The van der Waals surface area contributed by atoms with Crippen LogP contribution in [0.15, 0.2) is 18.2 Å². The number of rotatable bonds is 1. The number of ketones is 1. The standard InChI is InChI=1S/C13H14O/c1-2-9-3-4-10-8-13(5-6-13)12(14)11(10)7-9/h3-4,7H,2,5-6,8H2,1H3. The second-order valence-corrected chi connectivity index (χ2v) is 4.63. The van der Waals surface area contributed by atoms with Crippen molar-refractivity contribution >= 4 is 5.78 Å². The van der Waals surface area contributed by atoms with Crippen molar-refractivity contribution in [3.05, 3.63) is 34.9 Å². The number of carbonyl (C=O) groups excluding carboxylic acids is 1. The monoisotopic (exact) mass is 186 g/mol. The van der Waals surface area contributed by atoms with Gasteiger partial charge in [-0.25, -0.2) is 0 Å². The molecule has 2 aliphatic carbocycles. The van der Waals surface area contributed by atoms with Gasteiger partial charge >= 0.3 is 0 Å². The Kier molecular flexibility index (Phi) is 1.45. The average molecular weight is 186 g/mol. The number of benzene rings is 1. The highest BCUT2D eigenvalue weighted by Gasteiger charge is 2.54. The second kappa shape index (κ2) is 2.47. The number of fused-ring (bicyclic) bond motifs is 1. The summed E-state index contributed by atoms with van der Waals surface area (Å²) >= 11 is 0. The largest absolute Gasteiger partial charge is 0.294 e. The molecule has 0 N–H and O–H groups in total. The first kappa shape index (κ1) is 8.22. The van der Waals surface area contributed by atoms with Crippen LogP contribution in [0.4, 0.5) is 0 Å². The smallest absolute Gasteiger partial charge is 0.169 e. The molecule has 1 spiro atoms. The zero-order valence-electron chi connectivity index (χ0n) is 8.47. The van der Waals surface area contributed by atoms with Crippen LogP contribution in [0.25, 0.3) is 0 Å². The van der Waals surface area contributed by atoms with Crippen LogP contribution in [0.2, 0.25) is 0 Å². The number of carbonyl (C=O) groups is 1. The highest BCUT2D eigenvalue weighted by atomic mass is 16.1. The Hall–Kier alpha value is -1.11. The third-order valence-corrected chi connectivity index (χ3v) is 3.69. The Balaban J connectivity index is 2.10. The van der Waals surface area contributed by atoms with E-state index >= 15 is 0 Å². The van der Waals surface area contributed by atoms with Gasteiger partial charge in [0.05, 0.1) is 0 Å². The Labute approximate surface area is 84.1 Å². The topological polar surface area (TPSA) is 17.1 Å². The molecule has 0 saturated heterocycles. The van der Waals surface area contributed by atoms with Gasteiger partial charge in [-0.3, -0.25) is 4.79 Å². The summed E-state index contributed by atoms with van der Waals surface area (Å²) in [6.45, 7) is 2.13. The fourth-order valence-electron chi connectivity index (χ4n) is 2.49. The van der Waals surface area contributed by atoms with Crippen LogP contribution in [-0.2, 0) is 12.8 Å². The van der Waals surface area contributed by atoms with Gasteiger partial charge in [0, 0.05) is 11.0 Å². The summed E-state index contributed by atoms with van der Waals surface area (Å²) < 4.78 is 0. The van der Waals surface area contributed by atoms with E-state index in [-0.39, 0.29) is 5.41 Å². The molecule has 0 aliphatic heterocycles. The average Bonchev–Trinajstić information content (AvgIpc) is 2.92. The Morgan fingerprint density at radius 2 is 2.14 bits per heavy atom. The van der Waals surface area contributed by atoms with Gasteiger partial charge in [0.1, 0.15) is 0 Å². The Morgan fingerprint density at radius 3 is 2.79 bits per heavy atom. The third-order valence-electron chi connectivity index (χ3n) is 3.69. The van der Waals surface area contributed by atoms with Gasteiger partial charge in [0.15, 0.2) is 5.78 Å². The van der Waals surface area contributed by atoms with Gasteiger partial charge in [-0.15, -0.1) is 0 Å². The van der Waals surface area contributed by atoms with Crippen molar-refractivity contribution in [3.8, 4) is 0 Å². The summed E-state index contributed by atoms with van der Waals surface area (Å²) in [5, 5.41) is 0. The molecule has 0 aromatic heterocycles. The summed E-state index contributed by atoms with van der Waals surface area (Å²) in [5.41, 5.74) is 3.65. The first-order valence-corrected chi connectivity index (χ1v) is 5.42. The molecule has 1 aromatic carbocycles. The minimum absolute atomic E-state index is 0.0642. The molecule has 14 heavy (non-hydrogen) atoms. The fraction of sp³-hybridized carbons (Fsp3) is 0.462. The van der Waals surface area contributed by atoms with E-state index in [1.54, 1.807) is 0 Å². The minimum Gasteiger partial charge on any atom is -0.294 e. The van der Waals surface area contributed by atoms with Crippen LogP contribution < -0.4 is 0 Å². The summed E-state index contributed by atoms with van der Waals surface area (Å²) in [6.07, 6.45) is 4.25. The van der Waals surface area contributed by atoms with Crippen LogP contribution in [0.5, 0.6) is 0 Å². The molecule has 1 nitrogen and oxygen atoms in total. The maximum Gasteiger partial charge on any atom is 0.169 e. The quantitative estimate of drug-likeness (QED) is 0.659. The highest BCUT2D eigenvalue weighted by Crippen LogP contribution is 2.55. The van der Waals surface area contributed by atoms with Crippen molar-refractivity contribution in [2.24, 2.45) is 5.41 Å². The zero-order valence-corrected chi connectivity index (χ0v) is 8.47. The van der Waals surface area contributed by atoms with Gasteiger partial charge in [-0.1, -0.05) is 19.1 Å². The molecule has 1 aromatic rings. The van der Waals surface area contributed by atoms with E-state index in [1.165, 1.54) is 11.1 Å². The maximum absolute atomic E-state index is 12.0. The van der Waals surface area contributed by atoms with E-state index in [9.17, 15) is 4.79 Å². The molecule has 1 fully saturated rings. The molecule has 0 bridgehead atoms. The summed E-state index contributed by atoms with van der Waals surface area (Å²) in [7, 11) is 0. The van der Waals surface area contributed by atoms with Gasteiger partial charge in [0.2, 0.25) is 0 Å². The molecular weight excluding hydrogens is 172 g/mol. The van der Waals surface area contributed by atoms with Gasteiger partial charge in [0.25, 0.3) is 0 Å². The molecule has 72 valence electrons. The lowest BCUT2D eigenvalue weighted by Crippen LogP contribution is -2.08. The lowest BCUT2D eigenvalue weighted by atomic mass is 10.0. The van der Waals surface area contributed by atoms with E-state index < -0.39 is 0 Å². The van der Waals surface area contributed by atoms with E-state index in [1.807, 2.05) is 0 Å². The van der Waals surface area contributed by atoms with E-state index in [0.717, 1.165) is 31.2 Å². The van der Waals surface area contributed by atoms with Crippen molar-refractivity contribution in [1.82, 2.24) is 0 Å². The Bertz CT molecular complexity index is 413.